The zero-order valence-corrected chi connectivity index (χ0v) is 11.4. The molecular weight excluding hydrogens is 236 g/mol. The van der Waals surface area contributed by atoms with Crippen LogP contribution in [0.3, 0.4) is 0 Å². The Balaban J connectivity index is 2.23. The number of rotatable bonds is 5. The molecule has 0 radical (unpaired) electrons. The van der Waals surface area contributed by atoms with Gasteiger partial charge in [-0.15, -0.1) is 0 Å². The van der Waals surface area contributed by atoms with E-state index in [0.29, 0.717) is 5.11 Å². The van der Waals surface area contributed by atoms with Crippen LogP contribution in [0.2, 0.25) is 0 Å². The van der Waals surface area contributed by atoms with Gasteiger partial charge < -0.3 is 10.0 Å². The van der Waals surface area contributed by atoms with E-state index in [1.807, 2.05) is 0 Å². The molecule has 0 spiro atoms. The fraction of sp³-hybridized carbons (Fsp3) is 0.417. The van der Waals surface area contributed by atoms with Crippen molar-refractivity contribution in [3.8, 4) is 0 Å². The van der Waals surface area contributed by atoms with Crippen molar-refractivity contribution in [2.45, 2.75) is 31.6 Å². The lowest BCUT2D eigenvalue weighted by molar-refractivity contribution is 0.754. The summed E-state index contributed by atoms with van der Waals surface area (Å²) in [6.07, 6.45) is 2.33. The molecule has 0 atom stereocenters. The molecule has 0 aliphatic heterocycles. The van der Waals surface area contributed by atoms with Crippen molar-refractivity contribution in [2.75, 3.05) is 6.54 Å². The Morgan fingerprint density at radius 2 is 2.00 bits per heavy atom. The number of thiocarbonyl (C=S) groups is 1. The van der Waals surface area contributed by atoms with E-state index in [-0.39, 0.29) is 0 Å². The monoisotopic (exact) mass is 254 g/mol. The fourth-order valence-corrected chi connectivity index (χ4v) is 1.91. The maximum absolute atomic E-state index is 5.15. The Labute approximate surface area is 107 Å². The van der Waals surface area contributed by atoms with Gasteiger partial charge in [-0.3, -0.25) is 0 Å². The van der Waals surface area contributed by atoms with Gasteiger partial charge in [-0.2, -0.15) is 0 Å². The largest absolute Gasteiger partial charge is 0.362 e. The van der Waals surface area contributed by atoms with Gasteiger partial charge in [-0.05, 0) is 49.6 Å². The van der Waals surface area contributed by atoms with E-state index < -0.39 is 0 Å². The van der Waals surface area contributed by atoms with Crippen molar-refractivity contribution in [1.82, 2.24) is 10.0 Å². The van der Waals surface area contributed by atoms with Crippen LogP contribution in [-0.2, 0) is 0 Å². The lowest BCUT2D eigenvalue weighted by Gasteiger charge is -2.08. The molecule has 0 bridgehead atoms. The van der Waals surface area contributed by atoms with Crippen LogP contribution in [0.5, 0.6) is 0 Å². The quantitative estimate of drug-likeness (QED) is 0.478. The predicted molar refractivity (Wildman–Crippen MR) is 75.7 cm³/mol. The molecule has 0 unspecified atom stereocenters. The second-order valence-electron chi connectivity index (χ2n) is 3.63. The third-order valence-corrected chi connectivity index (χ3v) is 3.29. The van der Waals surface area contributed by atoms with E-state index in [1.165, 1.54) is 16.9 Å². The van der Waals surface area contributed by atoms with Gasteiger partial charge in [0.25, 0.3) is 0 Å². The Kier molecular flexibility index (Phi) is 6.26. The molecule has 0 aromatic heterocycles. The maximum Gasteiger partial charge on any atom is 0.176 e. The van der Waals surface area contributed by atoms with Crippen molar-refractivity contribution in [3.05, 3.63) is 29.8 Å². The van der Waals surface area contributed by atoms with Crippen molar-refractivity contribution >= 4 is 29.3 Å². The normalized spacial score (nSPS) is 9.88. The average Bonchev–Trinajstić information content (AvgIpc) is 2.29. The van der Waals surface area contributed by atoms with Crippen LogP contribution >= 0.6 is 24.2 Å². The molecule has 1 aromatic carbocycles. The van der Waals surface area contributed by atoms with E-state index >= 15 is 0 Å². The Hall–Kier alpha value is -0.740. The summed E-state index contributed by atoms with van der Waals surface area (Å²) in [5, 5.41) is 3.87. The summed E-state index contributed by atoms with van der Waals surface area (Å²) in [4.78, 5) is 1.17. The topological polar surface area (TPSA) is 24.1 Å². The van der Waals surface area contributed by atoms with E-state index in [9.17, 15) is 0 Å². The summed E-state index contributed by atoms with van der Waals surface area (Å²) < 4.78 is 3.11. The van der Waals surface area contributed by atoms with Gasteiger partial charge in [0.1, 0.15) is 0 Å². The molecule has 88 valence electrons. The number of benzene rings is 1. The highest BCUT2D eigenvalue weighted by atomic mass is 32.2. The zero-order valence-electron chi connectivity index (χ0n) is 9.75. The standard InChI is InChI=1S/C12H18N2S2/c1-3-4-9-13-12(15)14-16-11-7-5-10(2)6-8-11/h5-8H,3-4,9H2,1-2H3,(H2,13,14,15). The van der Waals surface area contributed by atoms with Gasteiger partial charge >= 0.3 is 0 Å². The Morgan fingerprint density at radius 1 is 1.31 bits per heavy atom. The molecule has 0 amide bonds. The van der Waals surface area contributed by atoms with Crippen molar-refractivity contribution in [3.63, 3.8) is 0 Å². The fourth-order valence-electron chi connectivity index (χ4n) is 1.13. The molecule has 0 heterocycles. The predicted octanol–water partition coefficient (Wildman–Crippen LogP) is 3.27. The molecule has 0 fully saturated rings. The minimum absolute atomic E-state index is 0.707. The van der Waals surface area contributed by atoms with Gasteiger partial charge in [0.15, 0.2) is 5.11 Å². The molecule has 4 heteroatoms. The van der Waals surface area contributed by atoms with Crippen molar-refractivity contribution in [1.29, 1.82) is 0 Å². The summed E-state index contributed by atoms with van der Waals surface area (Å²) in [6.45, 7) is 5.19. The average molecular weight is 254 g/mol. The molecular formula is C12H18N2S2. The number of hydrogen-bond donors (Lipinski definition) is 2. The summed E-state index contributed by atoms with van der Waals surface area (Å²) in [7, 11) is 0. The summed E-state index contributed by atoms with van der Waals surface area (Å²) in [6, 6.07) is 8.36. The first-order valence-electron chi connectivity index (χ1n) is 5.49. The van der Waals surface area contributed by atoms with E-state index in [0.717, 1.165) is 13.0 Å². The Bertz CT molecular complexity index is 322. The van der Waals surface area contributed by atoms with Crippen LogP contribution < -0.4 is 10.0 Å². The molecule has 16 heavy (non-hydrogen) atoms. The highest BCUT2D eigenvalue weighted by Gasteiger charge is 1.96. The van der Waals surface area contributed by atoms with Crippen LogP contribution in [-0.4, -0.2) is 11.7 Å². The zero-order chi connectivity index (χ0) is 11.8. The molecule has 2 N–H and O–H groups in total. The summed E-state index contributed by atoms with van der Waals surface area (Å²) in [5.74, 6) is 0. The second-order valence-corrected chi connectivity index (χ2v) is 4.91. The highest BCUT2D eigenvalue weighted by Crippen LogP contribution is 2.14. The molecule has 0 saturated carbocycles. The number of nitrogens with one attached hydrogen (secondary N) is 2. The minimum Gasteiger partial charge on any atom is -0.362 e. The van der Waals surface area contributed by atoms with Crippen LogP contribution in [0.4, 0.5) is 0 Å². The first kappa shape index (κ1) is 13.3. The summed E-state index contributed by atoms with van der Waals surface area (Å²) >= 11 is 6.69. The molecule has 0 aliphatic rings. The van der Waals surface area contributed by atoms with E-state index in [2.05, 4.69) is 48.2 Å². The maximum atomic E-state index is 5.15. The molecule has 0 saturated heterocycles. The van der Waals surface area contributed by atoms with E-state index in [4.69, 9.17) is 12.2 Å². The SMILES string of the molecule is CCCCNC(=S)NSc1ccc(C)cc1. The van der Waals surface area contributed by atoms with Crippen molar-refractivity contribution < 1.29 is 0 Å². The van der Waals surface area contributed by atoms with Crippen molar-refractivity contribution in [2.24, 2.45) is 0 Å². The number of hydrogen-bond acceptors (Lipinski definition) is 2. The van der Waals surface area contributed by atoms with Crippen LogP contribution in [0.1, 0.15) is 25.3 Å². The minimum atomic E-state index is 0.707. The third kappa shape index (κ3) is 5.37. The molecule has 1 aromatic rings. The Morgan fingerprint density at radius 3 is 2.62 bits per heavy atom. The summed E-state index contributed by atoms with van der Waals surface area (Å²) in [5.41, 5.74) is 1.27. The van der Waals surface area contributed by atoms with Gasteiger partial charge in [-0.1, -0.05) is 31.0 Å². The van der Waals surface area contributed by atoms with Gasteiger partial charge in [0.2, 0.25) is 0 Å². The highest BCUT2D eigenvalue weighted by molar-refractivity contribution is 7.99. The van der Waals surface area contributed by atoms with Gasteiger partial charge in [0.05, 0.1) is 0 Å². The lowest BCUT2D eigenvalue weighted by Crippen LogP contribution is -2.31. The first-order valence-corrected chi connectivity index (χ1v) is 6.72. The van der Waals surface area contributed by atoms with Crippen LogP contribution in [0, 0.1) is 6.92 Å². The van der Waals surface area contributed by atoms with Gasteiger partial charge in [-0.25, -0.2) is 0 Å². The lowest BCUT2D eigenvalue weighted by atomic mass is 10.2. The molecule has 1 rings (SSSR count). The second kappa shape index (κ2) is 7.52. The number of unbranched alkanes of at least 4 members (excludes halogenated alkanes) is 1. The van der Waals surface area contributed by atoms with Crippen LogP contribution in [0.15, 0.2) is 29.2 Å². The van der Waals surface area contributed by atoms with Crippen LogP contribution in [0.25, 0.3) is 0 Å². The smallest absolute Gasteiger partial charge is 0.176 e. The van der Waals surface area contributed by atoms with Gasteiger partial charge in [0, 0.05) is 11.4 Å². The van der Waals surface area contributed by atoms with E-state index in [1.54, 1.807) is 11.9 Å². The molecule has 2 nitrogen and oxygen atoms in total. The molecule has 0 aliphatic carbocycles. The number of aryl methyl sites for hydroxylation is 1. The first-order chi connectivity index (χ1) is 7.72. The third-order valence-electron chi connectivity index (χ3n) is 2.10.